The third kappa shape index (κ3) is 3.83. The van der Waals surface area contributed by atoms with E-state index in [1.807, 2.05) is 0 Å². The van der Waals surface area contributed by atoms with Gasteiger partial charge in [0.25, 0.3) is 0 Å². The average molecular weight is 237 g/mol. The maximum atomic E-state index is 5.68. The molecule has 94 valence electrons. The van der Waals surface area contributed by atoms with Gasteiger partial charge in [0.2, 0.25) is 0 Å². The summed E-state index contributed by atoms with van der Waals surface area (Å²) in [6.45, 7) is 5.71. The summed E-state index contributed by atoms with van der Waals surface area (Å²) >= 11 is 0. The predicted octanol–water partition coefficient (Wildman–Crippen LogP) is 0.193. The Morgan fingerprint density at radius 2 is 2.06 bits per heavy atom. The van der Waals surface area contributed by atoms with E-state index in [0.29, 0.717) is 11.6 Å². The minimum Gasteiger partial charge on any atom is -0.381 e. The van der Waals surface area contributed by atoms with Gasteiger partial charge in [0, 0.05) is 32.0 Å². The van der Waals surface area contributed by atoms with Gasteiger partial charge in [-0.3, -0.25) is 4.90 Å². The van der Waals surface area contributed by atoms with Gasteiger partial charge in [-0.15, -0.1) is 0 Å². The monoisotopic (exact) mass is 237 g/mol. The molecule has 1 aliphatic heterocycles. The van der Waals surface area contributed by atoms with Crippen molar-refractivity contribution in [3.63, 3.8) is 0 Å². The molecular weight excluding hydrogens is 218 g/mol. The van der Waals surface area contributed by atoms with Crippen molar-refractivity contribution in [2.75, 3.05) is 50.4 Å². The Morgan fingerprint density at radius 1 is 1.29 bits per heavy atom. The minimum absolute atomic E-state index is 0.457. The number of nitrogens with two attached hydrogens (primary N) is 1. The summed E-state index contributed by atoms with van der Waals surface area (Å²) in [5, 5.41) is 3.20. The van der Waals surface area contributed by atoms with Crippen molar-refractivity contribution in [2.45, 2.75) is 6.42 Å². The van der Waals surface area contributed by atoms with Crippen LogP contribution in [0.25, 0.3) is 0 Å². The molecule has 1 fully saturated rings. The van der Waals surface area contributed by atoms with Gasteiger partial charge < -0.3 is 15.8 Å². The van der Waals surface area contributed by atoms with Crippen molar-refractivity contribution < 1.29 is 4.74 Å². The van der Waals surface area contributed by atoms with Crippen molar-refractivity contribution in [1.29, 1.82) is 0 Å². The molecule has 3 N–H and O–H groups in total. The standard InChI is InChI=1S/C11H19N5O/c12-10-11(15-4-3-13-10)14-2-1-5-16-6-8-17-9-7-16/h3-4H,1-2,5-9H2,(H2,12,13)(H,14,15). The van der Waals surface area contributed by atoms with E-state index in [1.54, 1.807) is 12.4 Å². The highest BCUT2D eigenvalue weighted by Gasteiger charge is 2.09. The molecule has 6 nitrogen and oxygen atoms in total. The first-order chi connectivity index (χ1) is 8.36. The first-order valence-corrected chi connectivity index (χ1v) is 5.97. The van der Waals surface area contributed by atoms with E-state index >= 15 is 0 Å². The Bertz CT molecular complexity index is 340. The predicted molar refractivity (Wildman–Crippen MR) is 66.8 cm³/mol. The van der Waals surface area contributed by atoms with Crippen LogP contribution >= 0.6 is 0 Å². The van der Waals surface area contributed by atoms with Crippen LogP contribution in [-0.2, 0) is 4.74 Å². The fourth-order valence-corrected chi connectivity index (χ4v) is 1.82. The number of aromatic nitrogens is 2. The summed E-state index contributed by atoms with van der Waals surface area (Å²) in [7, 11) is 0. The zero-order chi connectivity index (χ0) is 11.9. The number of hydrogen-bond donors (Lipinski definition) is 2. The molecule has 0 atom stereocenters. The molecule has 0 aliphatic carbocycles. The van der Waals surface area contributed by atoms with Crippen LogP contribution in [0.5, 0.6) is 0 Å². The van der Waals surface area contributed by atoms with Crippen molar-refractivity contribution in [1.82, 2.24) is 14.9 Å². The largest absolute Gasteiger partial charge is 0.381 e. The second kappa shape index (κ2) is 6.36. The number of nitrogen functional groups attached to an aromatic ring is 1. The molecular formula is C11H19N5O. The first kappa shape index (κ1) is 12.1. The van der Waals surface area contributed by atoms with Crippen molar-refractivity contribution >= 4 is 11.6 Å². The van der Waals surface area contributed by atoms with Crippen LogP contribution in [0, 0.1) is 0 Å². The van der Waals surface area contributed by atoms with Gasteiger partial charge in [0.1, 0.15) is 0 Å². The topological polar surface area (TPSA) is 76.3 Å². The Morgan fingerprint density at radius 3 is 2.82 bits per heavy atom. The third-order valence-corrected chi connectivity index (χ3v) is 2.77. The van der Waals surface area contributed by atoms with Crippen LogP contribution in [0.15, 0.2) is 12.4 Å². The highest BCUT2D eigenvalue weighted by atomic mass is 16.5. The quantitative estimate of drug-likeness (QED) is 0.712. The summed E-state index contributed by atoms with van der Waals surface area (Å²) in [5.41, 5.74) is 5.68. The van der Waals surface area contributed by atoms with E-state index in [2.05, 4.69) is 20.2 Å². The number of nitrogens with one attached hydrogen (secondary N) is 1. The van der Waals surface area contributed by atoms with E-state index in [1.165, 1.54) is 0 Å². The van der Waals surface area contributed by atoms with E-state index in [0.717, 1.165) is 45.8 Å². The number of ether oxygens (including phenoxy) is 1. The lowest BCUT2D eigenvalue weighted by molar-refractivity contribution is 0.0378. The zero-order valence-corrected chi connectivity index (χ0v) is 9.93. The van der Waals surface area contributed by atoms with Crippen LogP contribution in [0.4, 0.5) is 11.6 Å². The summed E-state index contributed by atoms with van der Waals surface area (Å²) < 4.78 is 5.30. The number of morpholine rings is 1. The normalized spacial score (nSPS) is 16.9. The van der Waals surface area contributed by atoms with Crippen LogP contribution in [0.1, 0.15) is 6.42 Å². The van der Waals surface area contributed by atoms with E-state index < -0.39 is 0 Å². The molecule has 0 saturated carbocycles. The number of anilines is 2. The summed E-state index contributed by atoms with van der Waals surface area (Å²) in [4.78, 5) is 10.5. The molecule has 0 spiro atoms. The lowest BCUT2D eigenvalue weighted by atomic mass is 10.3. The summed E-state index contributed by atoms with van der Waals surface area (Å²) in [6.07, 6.45) is 4.30. The number of nitrogens with zero attached hydrogens (tertiary/aromatic N) is 3. The number of rotatable bonds is 5. The Balaban J connectivity index is 1.64. The highest BCUT2D eigenvalue weighted by molar-refractivity contribution is 5.54. The zero-order valence-electron chi connectivity index (χ0n) is 9.93. The third-order valence-electron chi connectivity index (χ3n) is 2.77. The Labute approximate surface area is 101 Å². The van der Waals surface area contributed by atoms with Crippen LogP contribution in [-0.4, -0.2) is 54.3 Å². The van der Waals surface area contributed by atoms with Gasteiger partial charge >= 0.3 is 0 Å². The lowest BCUT2D eigenvalue weighted by Gasteiger charge is -2.26. The Hall–Kier alpha value is -1.40. The molecule has 0 radical (unpaired) electrons. The SMILES string of the molecule is Nc1nccnc1NCCCN1CCOCC1. The average Bonchev–Trinajstić information content (AvgIpc) is 2.38. The molecule has 0 amide bonds. The van der Waals surface area contributed by atoms with Gasteiger partial charge in [0.05, 0.1) is 13.2 Å². The van der Waals surface area contributed by atoms with E-state index in [9.17, 15) is 0 Å². The maximum Gasteiger partial charge on any atom is 0.168 e. The van der Waals surface area contributed by atoms with Gasteiger partial charge in [0.15, 0.2) is 11.6 Å². The summed E-state index contributed by atoms with van der Waals surface area (Å²) in [6, 6.07) is 0. The molecule has 0 unspecified atom stereocenters. The maximum absolute atomic E-state index is 5.68. The highest BCUT2D eigenvalue weighted by Crippen LogP contribution is 2.09. The van der Waals surface area contributed by atoms with E-state index in [-0.39, 0.29) is 0 Å². The second-order valence-corrected chi connectivity index (χ2v) is 4.02. The second-order valence-electron chi connectivity index (χ2n) is 4.02. The van der Waals surface area contributed by atoms with Crippen molar-refractivity contribution in [2.24, 2.45) is 0 Å². The minimum atomic E-state index is 0.457. The Kier molecular flexibility index (Phi) is 4.52. The molecule has 1 aromatic rings. The lowest BCUT2D eigenvalue weighted by Crippen LogP contribution is -2.37. The van der Waals surface area contributed by atoms with Gasteiger partial charge in [-0.1, -0.05) is 0 Å². The fraction of sp³-hybridized carbons (Fsp3) is 0.636. The molecule has 2 heterocycles. The molecule has 2 rings (SSSR count). The molecule has 1 saturated heterocycles. The van der Waals surface area contributed by atoms with Crippen LogP contribution < -0.4 is 11.1 Å². The molecule has 1 aromatic heterocycles. The number of hydrogen-bond acceptors (Lipinski definition) is 6. The first-order valence-electron chi connectivity index (χ1n) is 5.97. The smallest absolute Gasteiger partial charge is 0.168 e. The van der Waals surface area contributed by atoms with Gasteiger partial charge in [-0.25, -0.2) is 9.97 Å². The van der Waals surface area contributed by atoms with Gasteiger partial charge in [-0.05, 0) is 13.0 Å². The molecule has 0 bridgehead atoms. The molecule has 1 aliphatic rings. The van der Waals surface area contributed by atoms with Crippen LogP contribution in [0.2, 0.25) is 0 Å². The molecule has 6 heteroatoms. The van der Waals surface area contributed by atoms with Crippen LogP contribution in [0.3, 0.4) is 0 Å². The molecule has 17 heavy (non-hydrogen) atoms. The molecule has 0 aromatic carbocycles. The van der Waals surface area contributed by atoms with Crippen molar-refractivity contribution in [3.8, 4) is 0 Å². The van der Waals surface area contributed by atoms with Crippen molar-refractivity contribution in [3.05, 3.63) is 12.4 Å². The van der Waals surface area contributed by atoms with E-state index in [4.69, 9.17) is 10.5 Å². The van der Waals surface area contributed by atoms with Gasteiger partial charge in [-0.2, -0.15) is 0 Å². The summed E-state index contributed by atoms with van der Waals surface area (Å²) in [5.74, 6) is 1.13. The fourth-order valence-electron chi connectivity index (χ4n) is 1.82.